The van der Waals surface area contributed by atoms with Gasteiger partial charge in [0.05, 0.1) is 0 Å². The summed E-state index contributed by atoms with van der Waals surface area (Å²) in [6, 6.07) is 0.711. The molecule has 1 aliphatic carbocycles. The Morgan fingerprint density at radius 3 is 2.50 bits per heavy atom. The zero-order valence-corrected chi connectivity index (χ0v) is 13.4. The van der Waals surface area contributed by atoms with Crippen LogP contribution in [0.15, 0.2) is 0 Å². The lowest BCUT2D eigenvalue weighted by Gasteiger charge is -2.41. The third-order valence-corrected chi connectivity index (χ3v) is 4.89. The molecule has 0 amide bonds. The topological polar surface area (TPSA) is 15.3 Å². The van der Waals surface area contributed by atoms with Gasteiger partial charge in [-0.2, -0.15) is 0 Å². The van der Waals surface area contributed by atoms with Gasteiger partial charge in [0.1, 0.15) is 0 Å². The number of nitrogens with zero attached hydrogens (tertiary/aromatic N) is 1. The molecule has 0 heterocycles. The highest BCUT2D eigenvalue weighted by Crippen LogP contribution is 2.34. The Balaban J connectivity index is 2.51. The lowest BCUT2D eigenvalue weighted by molar-refractivity contribution is 0.109. The molecular formula is C16H34N2. The summed E-state index contributed by atoms with van der Waals surface area (Å²) >= 11 is 0. The molecule has 108 valence electrons. The number of rotatable bonds is 6. The highest BCUT2D eigenvalue weighted by Gasteiger charge is 2.33. The summed E-state index contributed by atoms with van der Waals surface area (Å²) in [6.07, 6.45) is 4.04. The van der Waals surface area contributed by atoms with Crippen LogP contribution in [0.1, 0.15) is 47.0 Å². The maximum Gasteiger partial charge on any atom is 0.0110 e. The molecule has 5 atom stereocenters. The predicted molar refractivity (Wildman–Crippen MR) is 80.9 cm³/mol. The van der Waals surface area contributed by atoms with Crippen molar-refractivity contribution in [3.05, 3.63) is 0 Å². The first-order chi connectivity index (χ1) is 8.47. The summed E-state index contributed by atoms with van der Waals surface area (Å²) in [7, 11) is 4.43. The Kier molecular flexibility index (Phi) is 6.65. The predicted octanol–water partition coefficient (Wildman–Crippen LogP) is 3.23. The van der Waals surface area contributed by atoms with Crippen molar-refractivity contribution in [2.45, 2.75) is 53.0 Å². The van der Waals surface area contributed by atoms with E-state index in [9.17, 15) is 0 Å². The third-order valence-electron chi connectivity index (χ3n) is 4.89. The number of hydrogen-bond acceptors (Lipinski definition) is 2. The second-order valence-corrected chi connectivity index (χ2v) is 6.85. The van der Waals surface area contributed by atoms with E-state index in [1.807, 2.05) is 0 Å². The fourth-order valence-corrected chi connectivity index (χ4v) is 3.65. The summed E-state index contributed by atoms with van der Waals surface area (Å²) in [6.45, 7) is 12.0. The monoisotopic (exact) mass is 254 g/mol. The first kappa shape index (κ1) is 16.0. The SMILES string of the molecule is CCC(C)CN(C)CC1C(C)CC(C)CC1NC. The highest BCUT2D eigenvalue weighted by atomic mass is 15.1. The summed E-state index contributed by atoms with van der Waals surface area (Å²) in [5, 5.41) is 3.56. The minimum Gasteiger partial charge on any atom is -0.317 e. The van der Waals surface area contributed by atoms with Gasteiger partial charge in [-0.15, -0.1) is 0 Å². The van der Waals surface area contributed by atoms with Crippen LogP contribution >= 0.6 is 0 Å². The van der Waals surface area contributed by atoms with Crippen LogP contribution in [0, 0.1) is 23.7 Å². The van der Waals surface area contributed by atoms with Crippen LogP contribution in [0.2, 0.25) is 0 Å². The van der Waals surface area contributed by atoms with Gasteiger partial charge in [0.15, 0.2) is 0 Å². The molecule has 1 rings (SSSR count). The maximum atomic E-state index is 3.56. The molecule has 1 fully saturated rings. The molecule has 0 radical (unpaired) electrons. The van der Waals surface area contributed by atoms with Gasteiger partial charge in [0.2, 0.25) is 0 Å². The fourth-order valence-electron chi connectivity index (χ4n) is 3.65. The molecule has 5 unspecified atom stereocenters. The molecule has 1 aliphatic rings. The largest absolute Gasteiger partial charge is 0.317 e. The second kappa shape index (κ2) is 7.49. The molecule has 0 spiro atoms. The minimum absolute atomic E-state index is 0.711. The standard InChI is InChI=1S/C16H34N2/c1-7-12(2)10-18(6)11-15-14(4)8-13(3)9-16(15)17-5/h12-17H,7-11H2,1-6H3. The van der Waals surface area contributed by atoms with Crippen molar-refractivity contribution >= 4 is 0 Å². The van der Waals surface area contributed by atoms with Gasteiger partial charge in [-0.25, -0.2) is 0 Å². The Labute approximate surface area is 115 Å². The van der Waals surface area contributed by atoms with Gasteiger partial charge in [-0.3, -0.25) is 0 Å². The lowest BCUT2D eigenvalue weighted by Crippen LogP contribution is -2.47. The molecule has 2 nitrogen and oxygen atoms in total. The van der Waals surface area contributed by atoms with Crippen LogP contribution in [-0.2, 0) is 0 Å². The molecule has 1 saturated carbocycles. The minimum atomic E-state index is 0.711. The van der Waals surface area contributed by atoms with Gasteiger partial charge < -0.3 is 10.2 Å². The normalized spacial score (nSPS) is 34.8. The molecule has 0 aromatic heterocycles. The molecule has 0 aliphatic heterocycles. The van der Waals surface area contributed by atoms with Crippen molar-refractivity contribution in [2.75, 3.05) is 27.2 Å². The van der Waals surface area contributed by atoms with Crippen molar-refractivity contribution in [3.63, 3.8) is 0 Å². The summed E-state index contributed by atoms with van der Waals surface area (Å²) in [4.78, 5) is 2.55. The van der Waals surface area contributed by atoms with E-state index in [-0.39, 0.29) is 0 Å². The molecule has 1 N–H and O–H groups in total. The van der Waals surface area contributed by atoms with E-state index in [0.717, 1.165) is 23.7 Å². The second-order valence-electron chi connectivity index (χ2n) is 6.85. The average Bonchev–Trinajstić information content (AvgIpc) is 2.31. The molecule has 0 bridgehead atoms. The van der Waals surface area contributed by atoms with Crippen LogP contribution in [0.4, 0.5) is 0 Å². The Hall–Kier alpha value is -0.0800. The van der Waals surface area contributed by atoms with Gasteiger partial charge >= 0.3 is 0 Å². The van der Waals surface area contributed by atoms with Crippen molar-refractivity contribution in [3.8, 4) is 0 Å². The number of nitrogens with one attached hydrogen (secondary N) is 1. The first-order valence-corrected chi connectivity index (χ1v) is 7.83. The zero-order chi connectivity index (χ0) is 13.7. The quantitative estimate of drug-likeness (QED) is 0.783. The van der Waals surface area contributed by atoms with Gasteiger partial charge in [0.25, 0.3) is 0 Å². The zero-order valence-electron chi connectivity index (χ0n) is 13.4. The Morgan fingerprint density at radius 2 is 1.94 bits per heavy atom. The maximum absolute atomic E-state index is 3.56. The molecular weight excluding hydrogens is 220 g/mol. The highest BCUT2D eigenvalue weighted by molar-refractivity contribution is 4.88. The smallest absolute Gasteiger partial charge is 0.0110 e. The van der Waals surface area contributed by atoms with E-state index in [1.54, 1.807) is 0 Å². The van der Waals surface area contributed by atoms with E-state index in [0.29, 0.717) is 6.04 Å². The molecule has 0 aromatic carbocycles. The van der Waals surface area contributed by atoms with Crippen molar-refractivity contribution in [1.82, 2.24) is 10.2 Å². The van der Waals surface area contributed by atoms with Gasteiger partial charge in [-0.1, -0.05) is 34.1 Å². The lowest BCUT2D eigenvalue weighted by atomic mass is 9.72. The van der Waals surface area contributed by atoms with E-state index in [2.05, 4.69) is 52.0 Å². The molecule has 0 saturated heterocycles. The molecule has 18 heavy (non-hydrogen) atoms. The van der Waals surface area contributed by atoms with E-state index >= 15 is 0 Å². The summed E-state index contributed by atoms with van der Waals surface area (Å²) in [5.74, 6) is 3.38. The number of hydrogen-bond donors (Lipinski definition) is 1. The summed E-state index contributed by atoms with van der Waals surface area (Å²) < 4.78 is 0. The van der Waals surface area contributed by atoms with Crippen LogP contribution < -0.4 is 5.32 Å². The molecule has 2 heteroatoms. The van der Waals surface area contributed by atoms with E-state index in [1.165, 1.54) is 32.4 Å². The van der Waals surface area contributed by atoms with Gasteiger partial charge in [0, 0.05) is 19.1 Å². The fraction of sp³-hybridized carbons (Fsp3) is 1.00. The van der Waals surface area contributed by atoms with Crippen LogP contribution in [0.3, 0.4) is 0 Å². The van der Waals surface area contributed by atoms with Crippen molar-refractivity contribution in [2.24, 2.45) is 23.7 Å². The Morgan fingerprint density at radius 1 is 1.28 bits per heavy atom. The van der Waals surface area contributed by atoms with Crippen LogP contribution in [0.25, 0.3) is 0 Å². The van der Waals surface area contributed by atoms with E-state index in [4.69, 9.17) is 0 Å². The van der Waals surface area contributed by atoms with Crippen LogP contribution in [0.5, 0.6) is 0 Å². The van der Waals surface area contributed by atoms with Gasteiger partial charge in [-0.05, 0) is 50.6 Å². The average molecular weight is 254 g/mol. The van der Waals surface area contributed by atoms with Crippen LogP contribution in [-0.4, -0.2) is 38.1 Å². The summed E-state index contributed by atoms with van der Waals surface area (Å²) in [5.41, 5.74) is 0. The van der Waals surface area contributed by atoms with Crippen molar-refractivity contribution in [1.29, 1.82) is 0 Å². The Bertz CT molecular complexity index is 229. The first-order valence-electron chi connectivity index (χ1n) is 7.83. The van der Waals surface area contributed by atoms with Crippen molar-refractivity contribution < 1.29 is 0 Å². The van der Waals surface area contributed by atoms with E-state index < -0.39 is 0 Å². The molecule has 0 aromatic rings. The third kappa shape index (κ3) is 4.55.